The second-order valence-electron chi connectivity index (χ2n) is 5.50. The Hall–Kier alpha value is -1.77. The second-order valence-corrected chi connectivity index (χ2v) is 5.50. The van der Waals surface area contributed by atoms with E-state index in [1.807, 2.05) is 12.1 Å². The Morgan fingerprint density at radius 1 is 1.32 bits per heavy atom. The molecule has 19 heavy (non-hydrogen) atoms. The zero-order valence-corrected chi connectivity index (χ0v) is 11.2. The number of benzene rings is 1. The third-order valence-corrected chi connectivity index (χ3v) is 4.35. The first-order chi connectivity index (χ1) is 9.18. The van der Waals surface area contributed by atoms with E-state index in [1.165, 1.54) is 31.2 Å². The molecule has 1 N–H and O–H groups in total. The Morgan fingerprint density at radius 2 is 2.05 bits per heavy atom. The molecule has 3 nitrogen and oxygen atoms in total. The lowest BCUT2D eigenvalue weighted by atomic mass is 9.98. The summed E-state index contributed by atoms with van der Waals surface area (Å²) in [4.78, 5) is 11.2. The molecule has 0 aliphatic heterocycles. The summed E-state index contributed by atoms with van der Waals surface area (Å²) < 4.78 is 2.33. The Kier molecular flexibility index (Phi) is 3.05. The summed E-state index contributed by atoms with van der Waals surface area (Å²) in [6.07, 6.45) is 7.20. The quantitative estimate of drug-likeness (QED) is 0.904. The number of carbonyl (C=O) groups is 1. The van der Waals surface area contributed by atoms with E-state index in [-0.39, 0.29) is 0 Å². The standard InChI is InChI=1S/C16H19NO2/c1-11(16(18)19)13-7-4-8-15-14(13)9-10-17(15)12-5-2-3-6-12/h4,7-12H,2-3,5-6H2,1H3,(H,18,19). The van der Waals surface area contributed by atoms with Gasteiger partial charge in [-0.15, -0.1) is 0 Å². The van der Waals surface area contributed by atoms with Crippen LogP contribution in [-0.2, 0) is 4.79 Å². The first-order valence-electron chi connectivity index (χ1n) is 7.00. The largest absolute Gasteiger partial charge is 0.481 e. The van der Waals surface area contributed by atoms with Crippen LogP contribution in [0.3, 0.4) is 0 Å². The molecule has 1 saturated carbocycles. The maximum atomic E-state index is 11.2. The maximum absolute atomic E-state index is 11.2. The summed E-state index contributed by atoms with van der Waals surface area (Å²) in [6, 6.07) is 8.67. The lowest BCUT2D eigenvalue weighted by Crippen LogP contribution is -2.08. The second kappa shape index (κ2) is 4.72. The highest BCUT2D eigenvalue weighted by Crippen LogP contribution is 2.34. The predicted molar refractivity (Wildman–Crippen MR) is 75.5 cm³/mol. The molecule has 1 aromatic heterocycles. The van der Waals surface area contributed by atoms with Crippen molar-refractivity contribution < 1.29 is 9.90 Å². The minimum absolute atomic E-state index is 0.455. The number of hydrogen-bond donors (Lipinski definition) is 1. The van der Waals surface area contributed by atoms with Crippen LogP contribution >= 0.6 is 0 Å². The van der Waals surface area contributed by atoms with Crippen molar-refractivity contribution in [3.63, 3.8) is 0 Å². The molecule has 2 aromatic rings. The van der Waals surface area contributed by atoms with Gasteiger partial charge in [0, 0.05) is 23.1 Å². The fourth-order valence-electron chi connectivity index (χ4n) is 3.22. The molecular formula is C16H19NO2. The molecule has 0 saturated heterocycles. The van der Waals surface area contributed by atoms with Gasteiger partial charge in [-0.25, -0.2) is 0 Å². The van der Waals surface area contributed by atoms with Gasteiger partial charge in [0.2, 0.25) is 0 Å². The van der Waals surface area contributed by atoms with E-state index in [1.54, 1.807) is 6.92 Å². The number of hydrogen-bond acceptors (Lipinski definition) is 1. The molecule has 1 atom stereocenters. The van der Waals surface area contributed by atoms with Crippen molar-refractivity contribution in [2.45, 2.75) is 44.6 Å². The molecule has 1 fully saturated rings. The highest BCUT2D eigenvalue weighted by Gasteiger charge is 2.21. The Morgan fingerprint density at radius 3 is 2.74 bits per heavy atom. The number of nitrogens with zero attached hydrogens (tertiary/aromatic N) is 1. The fourth-order valence-corrected chi connectivity index (χ4v) is 3.22. The zero-order valence-electron chi connectivity index (χ0n) is 11.2. The van der Waals surface area contributed by atoms with Crippen LogP contribution in [0.5, 0.6) is 0 Å². The summed E-state index contributed by atoms with van der Waals surface area (Å²) in [5, 5.41) is 10.3. The highest BCUT2D eigenvalue weighted by molar-refractivity contribution is 5.89. The minimum atomic E-state index is -0.763. The number of aliphatic carboxylic acids is 1. The molecule has 1 unspecified atom stereocenters. The van der Waals surface area contributed by atoms with Crippen molar-refractivity contribution >= 4 is 16.9 Å². The van der Waals surface area contributed by atoms with Gasteiger partial charge in [-0.2, -0.15) is 0 Å². The number of carboxylic acids is 1. The van der Waals surface area contributed by atoms with Crippen molar-refractivity contribution in [1.29, 1.82) is 0 Å². The van der Waals surface area contributed by atoms with E-state index in [9.17, 15) is 9.90 Å². The van der Waals surface area contributed by atoms with Crippen LogP contribution in [0, 0.1) is 0 Å². The van der Waals surface area contributed by atoms with E-state index in [0.29, 0.717) is 6.04 Å². The summed E-state index contributed by atoms with van der Waals surface area (Å²) in [5.41, 5.74) is 2.10. The topological polar surface area (TPSA) is 42.2 Å². The van der Waals surface area contributed by atoms with Crippen LogP contribution in [0.15, 0.2) is 30.5 Å². The van der Waals surface area contributed by atoms with Crippen molar-refractivity contribution in [3.8, 4) is 0 Å². The molecule has 1 aliphatic carbocycles. The summed E-state index contributed by atoms with van der Waals surface area (Å²) >= 11 is 0. The van der Waals surface area contributed by atoms with Gasteiger partial charge in [0.25, 0.3) is 0 Å². The minimum Gasteiger partial charge on any atom is -0.481 e. The molecule has 0 amide bonds. The first-order valence-corrected chi connectivity index (χ1v) is 7.00. The monoisotopic (exact) mass is 257 g/mol. The maximum Gasteiger partial charge on any atom is 0.310 e. The zero-order chi connectivity index (χ0) is 13.4. The van der Waals surface area contributed by atoms with Crippen LogP contribution in [0.25, 0.3) is 10.9 Å². The lowest BCUT2D eigenvalue weighted by molar-refractivity contribution is -0.138. The van der Waals surface area contributed by atoms with E-state index >= 15 is 0 Å². The fraction of sp³-hybridized carbons (Fsp3) is 0.438. The third kappa shape index (κ3) is 2.03. The molecular weight excluding hydrogens is 238 g/mol. The van der Waals surface area contributed by atoms with Crippen LogP contribution in [-0.4, -0.2) is 15.6 Å². The predicted octanol–water partition coefficient (Wildman–Crippen LogP) is 3.94. The van der Waals surface area contributed by atoms with Crippen LogP contribution in [0.1, 0.15) is 50.1 Å². The van der Waals surface area contributed by atoms with Gasteiger partial charge >= 0.3 is 5.97 Å². The van der Waals surface area contributed by atoms with Crippen LogP contribution < -0.4 is 0 Å². The molecule has 3 rings (SSSR count). The van der Waals surface area contributed by atoms with Gasteiger partial charge in [0.15, 0.2) is 0 Å². The van der Waals surface area contributed by atoms with Gasteiger partial charge in [0.05, 0.1) is 5.92 Å². The highest BCUT2D eigenvalue weighted by atomic mass is 16.4. The molecule has 0 bridgehead atoms. The molecule has 0 radical (unpaired) electrons. The molecule has 1 aromatic carbocycles. The van der Waals surface area contributed by atoms with Gasteiger partial charge in [-0.3, -0.25) is 4.79 Å². The Bertz CT molecular complexity index is 608. The lowest BCUT2D eigenvalue weighted by Gasteiger charge is -2.14. The third-order valence-electron chi connectivity index (χ3n) is 4.35. The Balaban J connectivity index is 2.09. The smallest absolute Gasteiger partial charge is 0.310 e. The summed E-state index contributed by atoms with van der Waals surface area (Å²) in [7, 11) is 0. The van der Waals surface area contributed by atoms with Gasteiger partial charge in [-0.05, 0) is 37.5 Å². The summed E-state index contributed by atoms with van der Waals surface area (Å²) in [5.74, 6) is -1.22. The SMILES string of the molecule is CC(C(=O)O)c1cccc2c1ccn2C1CCCC1. The Labute approximate surface area is 112 Å². The molecule has 1 aliphatic rings. The average Bonchev–Trinajstić information content (AvgIpc) is 3.05. The average molecular weight is 257 g/mol. The number of rotatable bonds is 3. The van der Waals surface area contributed by atoms with E-state index < -0.39 is 11.9 Å². The molecule has 1 heterocycles. The van der Waals surface area contributed by atoms with Gasteiger partial charge < -0.3 is 9.67 Å². The van der Waals surface area contributed by atoms with Crippen molar-refractivity contribution in [2.75, 3.05) is 0 Å². The van der Waals surface area contributed by atoms with E-state index in [0.717, 1.165) is 10.9 Å². The van der Waals surface area contributed by atoms with Crippen LogP contribution in [0.2, 0.25) is 0 Å². The van der Waals surface area contributed by atoms with Gasteiger partial charge in [0.1, 0.15) is 0 Å². The number of carboxylic acid groups (broad SMARTS) is 1. The first kappa shape index (κ1) is 12.3. The molecule has 3 heteroatoms. The van der Waals surface area contributed by atoms with Crippen LogP contribution in [0.4, 0.5) is 0 Å². The van der Waals surface area contributed by atoms with Crippen molar-refractivity contribution in [2.24, 2.45) is 0 Å². The number of aromatic nitrogens is 1. The molecule has 100 valence electrons. The molecule has 0 spiro atoms. The van der Waals surface area contributed by atoms with E-state index in [4.69, 9.17) is 0 Å². The van der Waals surface area contributed by atoms with Crippen molar-refractivity contribution in [1.82, 2.24) is 4.57 Å². The summed E-state index contributed by atoms with van der Waals surface area (Å²) in [6.45, 7) is 1.75. The van der Waals surface area contributed by atoms with Gasteiger partial charge in [-0.1, -0.05) is 25.0 Å². The number of fused-ring (bicyclic) bond motifs is 1. The van der Waals surface area contributed by atoms with E-state index in [2.05, 4.69) is 22.9 Å². The normalized spacial score (nSPS) is 17.9. The van der Waals surface area contributed by atoms with Crippen molar-refractivity contribution in [3.05, 3.63) is 36.0 Å².